The van der Waals surface area contributed by atoms with Crippen LogP contribution >= 0.6 is 12.4 Å². The molecule has 0 spiro atoms. The standard InChI is InChI=1S/C12H20N2O.ClH/c1-14(8-5-6-13-7-8)12(15)11-9-3-2-4-10(9)11;/h8-11,13H,2-7H2,1H3;1H. The highest BCUT2D eigenvalue weighted by molar-refractivity contribution is 5.85. The van der Waals surface area contributed by atoms with Crippen molar-refractivity contribution in [3.8, 4) is 0 Å². The monoisotopic (exact) mass is 244 g/mol. The summed E-state index contributed by atoms with van der Waals surface area (Å²) in [5.74, 6) is 2.35. The molecule has 1 heterocycles. The topological polar surface area (TPSA) is 32.3 Å². The van der Waals surface area contributed by atoms with Gasteiger partial charge in [0.2, 0.25) is 5.91 Å². The molecule has 0 radical (unpaired) electrons. The lowest BCUT2D eigenvalue weighted by atomic mass is 10.1. The Morgan fingerprint density at radius 3 is 2.50 bits per heavy atom. The Morgan fingerprint density at radius 2 is 1.94 bits per heavy atom. The van der Waals surface area contributed by atoms with Crippen molar-refractivity contribution in [1.82, 2.24) is 10.2 Å². The molecule has 2 aliphatic carbocycles. The predicted molar refractivity (Wildman–Crippen MR) is 65.6 cm³/mol. The molecule has 1 N–H and O–H groups in total. The molecule has 1 aliphatic heterocycles. The third kappa shape index (κ3) is 1.84. The number of fused-ring (bicyclic) bond motifs is 1. The number of hydrogen-bond acceptors (Lipinski definition) is 2. The van der Waals surface area contributed by atoms with E-state index in [2.05, 4.69) is 5.32 Å². The maximum absolute atomic E-state index is 12.2. The first-order valence-corrected chi connectivity index (χ1v) is 6.26. The Hall–Kier alpha value is -0.280. The summed E-state index contributed by atoms with van der Waals surface area (Å²) in [6.45, 7) is 2.06. The fourth-order valence-corrected chi connectivity index (χ4v) is 3.57. The summed E-state index contributed by atoms with van der Waals surface area (Å²) in [6, 6.07) is 0.457. The van der Waals surface area contributed by atoms with Crippen molar-refractivity contribution in [3.63, 3.8) is 0 Å². The number of nitrogens with one attached hydrogen (secondary N) is 1. The SMILES string of the molecule is CN(C(=O)C1C2CCCC21)C1CCNC1.Cl. The minimum absolute atomic E-state index is 0. The largest absolute Gasteiger partial charge is 0.341 e. The second-order valence-corrected chi connectivity index (χ2v) is 5.38. The zero-order valence-corrected chi connectivity index (χ0v) is 10.6. The van der Waals surface area contributed by atoms with E-state index in [4.69, 9.17) is 0 Å². The molecule has 0 aromatic carbocycles. The number of rotatable bonds is 2. The molecule has 3 fully saturated rings. The van der Waals surface area contributed by atoms with Gasteiger partial charge in [-0.25, -0.2) is 0 Å². The minimum atomic E-state index is 0. The molecule has 16 heavy (non-hydrogen) atoms. The maximum atomic E-state index is 12.2. The summed E-state index contributed by atoms with van der Waals surface area (Å²) in [4.78, 5) is 14.2. The van der Waals surface area contributed by atoms with E-state index < -0.39 is 0 Å². The van der Waals surface area contributed by atoms with Gasteiger partial charge in [-0.15, -0.1) is 12.4 Å². The minimum Gasteiger partial charge on any atom is -0.341 e. The molecule has 3 atom stereocenters. The predicted octanol–water partition coefficient (Wildman–Crippen LogP) is 1.27. The fraction of sp³-hybridized carbons (Fsp3) is 0.917. The van der Waals surface area contributed by atoms with Gasteiger partial charge in [-0.2, -0.15) is 0 Å². The van der Waals surface area contributed by atoms with Crippen LogP contribution in [0.4, 0.5) is 0 Å². The summed E-state index contributed by atoms with van der Waals surface area (Å²) in [7, 11) is 1.99. The van der Waals surface area contributed by atoms with Crippen LogP contribution in [-0.4, -0.2) is 37.0 Å². The number of nitrogens with zero attached hydrogens (tertiary/aromatic N) is 1. The van der Waals surface area contributed by atoms with Crippen molar-refractivity contribution in [3.05, 3.63) is 0 Å². The number of carbonyl (C=O) groups excluding carboxylic acids is 1. The van der Waals surface area contributed by atoms with E-state index >= 15 is 0 Å². The molecule has 4 heteroatoms. The molecule has 0 aromatic rings. The summed E-state index contributed by atoms with van der Waals surface area (Å²) in [5.41, 5.74) is 0. The van der Waals surface area contributed by atoms with Crippen molar-refractivity contribution in [2.75, 3.05) is 20.1 Å². The first kappa shape index (κ1) is 12.2. The highest BCUT2D eigenvalue weighted by Crippen LogP contribution is 2.58. The van der Waals surface area contributed by atoms with E-state index in [1.54, 1.807) is 0 Å². The second kappa shape index (κ2) is 4.53. The molecule has 1 saturated heterocycles. The maximum Gasteiger partial charge on any atom is 0.226 e. The normalized spacial score (nSPS) is 40.1. The zero-order valence-electron chi connectivity index (χ0n) is 9.82. The number of likely N-dealkylation sites (N-methyl/N-ethyl adjacent to an activating group) is 1. The molecule has 3 nitrogen and oxygen atoms in total. The van der Waals surface area contributed by atoms with E-state index in [1.807, 2.05) is 11.9 Å². The Bertz CT molecular complexity index is 268. The van der Waals surface area contributed by atoms with Gasteiger partial charge in [-0.1, -0.05) is 6.42 Å². The van der Waals surface area contributed by atoms with Crippen molar-refractivity contribution in [1.29, 1.82) is 0 Å². The van der Waals surface area contributed by atoms with E-state index in [1.165, 1.54) is 19.3 Å². The van der Waals surface area contributed by atoms with E-state index in [0.717, 1.165) is 31.3 Å². The Balaban J connectivity index is 0.000000963. The van der Waals surface area contributed by atoms with Crippen LogP contribution in [0.2, 0.25) is 0 Å². The van der Waals surface area contributed by atoms with Crippen LogP contribution in [0.25, 0.3) is 0 Å². The molecule has 3 aliphatic rings. The van der Waals surface area contributed by atoms with Gasteiger partial charge in [0.05, 0.1) is 0 Å². The lowest BCUT2D eigenvalue weighted by Crippen LogP contribution is -2.39. The number of halogens is 1. The first-order valence-electron chi connectivity index (χ1n) is 6.26. The lowest BCUT2D eigenvalue weighted by molar-refractivity contribution is -0.133. The van der Waals surface area contributed by atoms with Gasteiger partial charge in [-0.3, -0.25) is 4.79 Å². The molecule has 0 aromatic heterocycles. The van der Waals surface area contributed by atoms with Gasteiger partial charge >= 0.3 is 0 Å². The van der Waals surface area contributed by atoms with Gasteiger partial charge in [0, 0.05) is 25.6 Å². The van der Waals surface area contributed by atoms with Crippen molar-refractivity contribution >= 4 is 18.3 Å². The fourth-order valence-electron chi connectivity index (χ4n) is 3.57. The van der Waals surface area contributed by atoms with Crippen LogP contribution in [0.1, 0.15) is 25.7 Å². The molecule has 1 amide bonds. The number of carbonyl (C=O) groups is 1. The third-order valence-corrected chi connectivity index (χ3v) is 4.62. The van der Waals surface area contributed by atoms with Crippen LogP contribution in [0.5, 0.6) is 0 Å². The highest BCUT2D eigenvalue weighted by Gasteiger charge is 2.57. The van der Waals surface area contributed by atoms with E-state index in [-0.39, 0.29) is 12.4 Å². The highest BCUT2D eigenvalue weighted by atomic mass is 35.5. The van der Waals surface area contributed by atoms with Crippen molar-refractivity contribution in [2.45, 2.75) is 31.7 Å². The van der Waals surface area contributed by atoms with Crippen molar-refractivity contribution in [2.24, 2.45) is 17.8 Å². The third-order valence-electron chi connectivity index (χ3n) is 4.62. The average Bonchev–Trinajstić information content (AvgIpc) is 2.72. The zero-order chi connectivity index (χ0) is 10.4. The van der Waals surface area contributed by atoms with Gasteiger partial charge < -0.3 is 10.2 Å². The summed E-state index contributed by atoms with van der Waals surface area (Å²) in [5, 5.41) is 3.32. The van der Waals surface area contributed by atoms with E-state index in [0.29, 0.717) is 17.9 Å². The van der Waals surface area contributed by atoms with Gasteiger partial charge in [0.15, 0.2) is 0 Å². The van der Waals surface area contributed by atoms with Crippen LogP contribution in [-0.2, 0) is 4.79 Å². The second-order valence-electron chi connectivity index (χ2n) is 5.38. The molecule has 92 valence electrons. The van der Waals surface area contributed by atoms with Crippen LogP contribution in [0.3, 0.4) is 0 Å². The smallest absolute Gasteiger partial charge is 0.226 e. The van der Waals surface area contributed by atoms with Crippen LogP contribution in [0.15, 0.2) is 0 Å². The Kier molecular flexibility index (Phi) is 3.45. The summed E-state index contributed by atoms with van der Waals surface area (Å²) in [6.07, 6.45) is 5.09. The summed E-state index contributed by atoms with van der Waals surface area (Å²) >= 11 is 0. The summed E-state index contributed by atoms with van der Waals surface area (Å²) < 4.78 is 0. The molecular weight excluding hydrogens is 224 g/mol. The quantitative estimate of drug-likeness (QED) is 0.794. The van der Waals surface area contributed by atoms with Crippen molar-refractivity contribution < 1.29 is 4.79 Å². The number of hydrogen-bond donors (Lipinski definition) is 1. The van der Waals surface area contributed by atoms with Gasteiger partial charge in [0.25, 0.3) is 0 Å². The van der Waals surface area contributed by atoms with E-state index in [9.17, 15) is 4.79 Å². The molecule has 3 unspecified atom stereocenters. The van der Waals surface area contributed by atoms with Gasteiger partial charge in [-0.05, 0) is 37.6 Å². The molecule has 0 bridgehead atoms. The molecule has 3 rings (SSSR count). The molecule has 2 saturated carbocycles. The first-order chi connectivity index (χ1) is 7.29. The average molecular weight is 245 g/mol. The van der Waals surface area contributed by atoms with Crippen LogP contribution < -0.4 is 5.32 Å². The Labute approximate surface area is 103 Å². The molecular formula is C12H21ClN2O. The Morgan fingerprint density at radius 1 is 1.25 bits per heavy atom. The lowest BCUT2D eigenvalue weighted by Gasteiger charge is -2.24. The van der Waals surface area contributed by atoms with Gasteiger partial charge in [0.1, 0.15) is 0 Å². The number of amides is 1. The van der Waals surface area contributed by atoms with Crippen LogP contribution in [0, 0.1) is 17.8 Å².